The van der Waals surface area contributed by atoms with Gasteiger partial charge in [-0.3, -0.25) is 4.99 Å². The number of ether oxygens (including phenoxy) is 1. The van der Waals surface area contributed by atoms with Crippen LogP contribution < -0.4 is 15.4 Å². The van der Waals surface area contributed by atoms with Crippen LogP contribution in [0.5, 0.6) is 5.88 Å². The highest BCUT2D eigenvalue weighted by Crippen LogP contribution is 2.29. The average molecular weight is 344 g/mol. The molecule has 2 N–H and O–H groups in total. The Morgan fingerprint density at radius 3 is 2.75 bits per heavy atom. The van der Waals surface area contributed by atoms with Crippen molar-refractivity contribution in [3.05, 3.63) is 45.8 Å². The van der Waals surface area contributed by atoms with E-state index in [2.05, 4.69) is 39.0 Å². The smallest absolute Gasteiger partial charge is 0.213 e. The van der Waals surface area contributed by atoms with E-state index in [0.717, 1.165) is 30.6 Å². The van der Waals surface area contributed by atoms with E-state index in [1.54, 1.807) is 18.4 Å². The minimum Gasteiger partial charge on any atom is -0.477 e. The standard InChI is InChI=1S/C18H24N4OS/c1-13-7-8-24-16(13)11-22-18(19-2)21-10-15-5-6-17(20-9-15)23-12-14-3-4-14/h5-9,14H,3-4,10-12H2,1-2H3,(H2,19,21,22). The first-order chi connectivity index (χ1) is 11.7. The zero-order valence-electron chi connectivity index (χ0n) is 14.2. The van der Waals surface area contributed by atoms with Gasteiger partial charge in [-0.2, -0.15) is 0 Å². The molecule has 128 valence electrons. The molecule has 0 atom stereocenters. The number of thiophene rings is 1. The summed E-state index contributed by atoms with van der Waals surface area (Å²) in [5, 5.41) is 8.76. The van der Waals surface area contributed by atoms with E-state index in [0.29, 0.717) is 12.4 Å². The van der Waals surface area contributed by atoms with Gasteiger partial charge < -0.3 is 15.4 Å². The quantitative estimate of drug-likeness (QED) is 0.598. The fraction of sp³-hybridized carbons (Fsp3) is 0.444. The zero-order chi connectivity index (χ0) is 16.8. The van der Waals surface area contributed by atoms with Gasteiger partial charge in [0.2, 0.25) is 5.88 Å². The number of rotatable bonds is 7. The molecule has 6 heteroatoms. The van der Waals surface area contributed by atoms with Crippen molar-refractivity contribution in [2.75, 3.05) is 13.7 Å². The summed E-state index contributed by atoms with van der Waals surface area (Å²) in [6.07, 6.45) is 4.43. The lowest BCUT2D eigenvalue weighted by atomic mass is 10.3. The molecule has 0 bridgehead atoms. The van der Waals surface area contributed by atoms with Crippen LogP contribution in [0.4, 0.5) is 0 Å². The minimum absolute atomic E-state index is 0.680. The van der Waals surface area contributed by atoms with Gasteiger partial charge in [0.15, 0.2) is 5.96 Å². The van der Waals surface area contributed by atoms with Gasteiger partial charge in [-0.05, 0) is 48.3 Å². The van der Waals surface area contributed by atoms with Crippen molar-refractivity contribution in [2.45, 2.75) is 32.9 Å². The molecule has 5 nitrogen and oxygen atoms in total. The van der Waals surface area contributed by atoms with Gasteiger partial charge in [0.05, 0.1) is 13.2 Å². The van der Waals surface area contributed by atoms with E-state index in [9.17, 15) is 0 Å². The van der Waals surface area contributed by atoms with Gasteiger partial charge in [0.1, 0.15) is 0 Å². The summed E-state index contributed by atoms with van der Waals surface area (Å²) >= 11 is 1.76. The van der Waals surface area contributed by atoms with E-state index >= 15 is 0 Å². The van der Waals surface area contributed by atoms with Crippen LogP contribution in [0.15, 0.2) is 34.8 Å². The number of hydrogen-bond acceptors (Lipinski definition) is 4. The summed E-state index contributed by atoms with van der Waals surface area (Å²) < 4.78 is 5.66. The zero-order valence-corrected chi connectivity index (χ0v) is 15.0. The largest absolute Gasteiger partial charge is 0.477 e. The Morgan fingerprint density at radius 2 is 2.12 bits per heavy atom. The average Bonchev–Trinajstić information content (AvgIpc) is 3.35. The molecule has 1 aliphatic rings. The number of nitrogens with zero attached hydrogens (tertiary/aromatic N) is 2. The van der Waals surface area contributed by atoms with Crippen molar-refractivity contribution >= 4 is 17.3 Å². The van der Waals surface area contributed by atoms with Crippen molar-refractivity contribution in [1.82, 2.24) is 15.6 Å². The Bertz CT molecular complexity index is 677. The highest BCUT2D eigenvalue weighted by molar-refractivity contribution is 7.10. The topological polar surface area (TPSA) is 58.5 Å². The summed E-state index contributed by atoms with van der Waals surface area (Å²) in [5.41, 5.74) is 2.41. The summed E-state index contributed by atoms with van der Waals surface area (Å²) in [6, 6.07) is 6.11. The van der Waals surface area contributed by atoms with Crippen LogP contribution in [0.3, 0.4) is 0 Å². The Labute approximate surface area is 147 Å². The van der Waals surface area contributed by atoms with E-state index < -0.39 is 0 Å². The maximum absolute atomic E-state index is 5.66. The molecule has 0 aliphatic heterocycles. The van der Waals surface area contributed by atoms with Crippen LogP contribution in [0.1, 0.15) is 28.8 Å². The lowest BCUT2D eigenvalue weighted by molar-refractivity contribution is 0.288. The fourth-order valence-corrected chi connectivity index (χ4v) is 3.09. The van der Waals surface area contributed by atoms with Crippen molar-refractivity contribution in [3.8, 4) is 5.88 Å². The third-order valence-electron chi connectivity index (χ3n) is 4.03. The van der Waals surface area contributed by atoms with E-state index in [-0.39, 0.29) is 0 Å². The van der Waals surface area contributed by atoms with Gasteiger partial charge in [0.25, 0.3) is 0 Å². The molecular weight excluding hydrogens is 320 g/mol. The van der Waals surface area contributed by atoms with E-state index in [4.69, 9.17) is 4.74 Å². The first kappa shape index (κ1) is 16.8. The molecule has 0 spiro atoms. The Balaban J connectivity index is 1.43. The highest BCUT2D eigenvalue weighted by atomic mass is 32.1. The second kappa shape index (κ2) is 8.15. The summed E-state index contributed by atoms with van der Waals surface area (Å²) in [4.78, 5) is 9.95. The number of aryl methyl sites for hydroxylation is 1. The van der Waals surface area contributed by atoms with Crippen molar-refractivity contribution in [1.29, 1.82) is 0 Å². The number of nitrogens with one attached hydrogen (secondary N) is 2. The Kier molecular flexibility index (Phi) is 5.69. The monoisotopic (exact) mass is 344 g/mol. The summed E-state index contributed by atoms with van der Waals surface area (Å²) in [5.74, 6) is 2.24. The third kappa shape index (κ3) is 4.96. The van der Waals surface area contributed by atoms with Crippen molar-refractivity contribution in [2.24, 2.45) is 10.9 Å². The predicted octanol–water partition coefficient (Wildman–Crippen LogP) is 3.11. The molecule has 1 aliphatic carbocycles. The third-order valence-corrected chi connectivity index (χ3v) is 5.05. The summed E-state index contributed by atoms with van der Waals surface area (Å²) in [6.45, 7) is 4.39. The van der Waals surface area contributed by atoms with Crippen LogP contribution >= 0.6 is 11.3 Å². The molecule has 0 unspecified atom stereocenters. The first-order valence-electron chi connectivity index (χ1n) is 8.30. The van der Waals surface area contributed by atoms with E-state index in [1.165, 1.54) is 23.3 Å². The molecule has 2 aromatic heterocycles. The molecule has 0 radical (unpaired) electrons. The van der Waals surface area contributed by atoms with Gasteiger partial charge >= 0.3 is 0 Å². The van der Waals surface area contributed by atoms with Crippen molar-refractivity contribution < 1.29 is 4.74 Å². The fourth-order valence-electron chi connectivity index (χ4n) is 2.24. The van der Waals surface area contributed by atoms with E-state index in [1.807, 2.05) is 18.3 Å². The second-order valence-corrected chi connectivity index (χ2v) is 7.07. The van der Waals surface area contributed by atoms with Gasteiger partial charge in [0, 0.05) is 30.7 Å². The molecule has 2 heterocycles. The molecule has 24 heavy (non-hydrogen) atoms. The minimum atomic E-state index is 0.680. The van der Waals surface area contributed by atoms with Crippen LogP contribution in [-0.2, 0) is 13.1 Å². The predicted molar refractivity (Wildman–Crippen MR) is 98.6 cm³/mol. The molecule has 0 amide bonds. The van der Waals surface area contributed by atoms with Crippen LogP contribution in [-0.4, -0.2) is 24.6 Å². The number of pyridine rings is 1. The molecule has 1 fully saturated rings. The van der Waals surface area contributed by atoms with Crippen LogP contribution in [0.2, 0.25) is 0 Å². The first-order valence-corrected chi connectivity index (χ1v) is 9.18. The molecule has 0 aromatic carbocycles. The highest BCUT2D eigenvalue weighted by Gasteiger charge is 2.21. The normalized spacial score (nSPS) is 14.5. The molecule has 0 saturated heterocycles. The SMILES string of the molecule is CN=C(NCc1ccc(OCC2CC2)nc1)NCc1sccc1C. The number of aromatic nitrogens is 1. The number of aliphatic imine (C=N–C) groups is 1. The maximum atomic E-state index is 5.66. The maximum Gasteiger partial charge on any atom is 0.213 e. The second-order valence-electron chi connectivity index (χ2n) is 6.07. The number of guanidine groups is 1. The molecule has 2 aromatic rings. The molecule has 1 saturated carbocycles. The van der Waals surface area contributed by atoms with Crippen molar-refractivity contribution in [3.63, 3.8) is 0 Å². The lowest BCUT2D eigenvalue weighted by Crippen LogP contribution is -2.36. The summed E-state index contributed by atoms with van der Waals surface area (Å²) in [7, 11) is 1.78. The Hall–Kier alpha value is -2.08. The van der Waals surface area contributed by atoms with Gasteiger partial charge in [-0.15, -0.1) is 11.3 Å². The van der Waals surface area contributed by atoms with Crippen LogP contribution in [0, 0.1) is 12.8 Å². The lowest BCUT2D eigenvalue weighted by Gasteiger charge is -2.12. The van der Waals surface area contributed by atoms with Crippen LogP contribution in [0.25, 0.3) is 0 Å². The molecule has 3 rings (SSSR count). The van der Waals surface area contributed by atoms with Gasteiger partial charge in [-0.1, -0.05) is 6.07 Å². The Morgan fingerprint density at radius 1 is 1.29 bits per heavy atom. The molecular formula is C18H24N4OS. The van der Waals surface area contributed by atoms with Gasteiger partial charge in [-0.25, -0.2) is 4.98 Å². The number of hydrogen-bond donors (Lipinski definition) is 2.